The molecule has 90 valence electrons. The number of rotatable bonds is 1. The number of aromatic hydroxyl groups is 1. The first-order valence-electron chi connectivity index (χ1n) is 6.04. The number of phenolic OH excluding ortho intramolecular Hbond substituents is 1. The lowest BCUT2D eigenvalue weighted by Gasteiger charge is -2.26. The van der Waals surface area contributed by atoms with Crippen LogP contribution >= 0.6 is 0 Å². The molecule has 1 unspecified atom stereocenters. The quantitative estimate of drug-likeness (QED) is 0.761. The number of aryl methyl sites for hydroxylation is 1. The number of phenols is 1. The lowest BCUT2D eigenvalue weighted by molar-refractivity contribution is 0.458. The number of allylic oxidation sites excluding steroid dienone is 4. The second kappa shape index (κ2) is 3.76. The highest BCUT2D eigenvalue weighted by Crippen LogP contribution is 2.45. The van der Waals surface area contributed by atoms with Gasteiger partial charge in [0.05, 0.1) is 0 Å². The van der Waals surface area contributed by atoms with E-state index < -0.39 is 0 Å². The molecule has 0 spiro atoms. The summed E-state index contributed by atoms with van der Waals surface area (Å²) in [7, 11) is 0. The second-order valence-electron chi connectivity index (χ2n) is 5.30. The Morgan fingerprint density at radius 3 is 2.24 bits per heavy atom. The number of hydrogen-bond acceptors (Lipinski definition) is 1. The summed E-state index contributed by atoms with van der Waals surface area (Å²) in [5, 5.41) is 10.1. The van der Waals surface area contributed by atoms with Crippen LogP contribution in [0.4, 0.5) is 0 Å². The van der Waals surface area contributed by atoms with E-state index in [1.807, 2.05) is 6.07 Å². The summed E-state index contributed by atoms with van der Waals surface area (Å²) in [4.78, 5) is 0. The maximum atomic E-state index is 10.1. The van der Waals surface area contributed by atoms with E-state index in [1.54, 1.807) is 6.07 Å². The van der Waals surface area contributed by atoms with Crippen LogP contribution in [0.15, 0.2) is 41.0 Å². The van der Waals surface area contributed by atoms with E-state index in [2.05, 4.69) is 46.8 Å². The molecule has 1 nitrogen and oxygen atoms in total. The van der Waals surface area contributed by atoms with Crippen molar-refractivity contribution in [3.05, 3.63) is 52.1 Å². The van der Waals surface area contributed by atoms with E-state index in [4.69, 9.17) is 0 Å². The molecule has 1 aromatic rings. The van der Waals surface area contributed by atoms with Crippen LogP contribution in [0.1, 0.15) is 38.8 Å². The number of benzene rings is 1. The van der Waals surface area contributed by atoms with Crippen molar-refractivity contribution in [2.24, 2.45) is 0 Å². The van der Waals surface area contributed by atoms with Gasteiger partial charge in [0.2, 0.25) is 0 Å². The summed E-state index contributed by atoms with van der Waals surface area (Å²) in [6, 6.07) is 5.82. The van der Waals surface area contributed by atoms with Gasteiger partial charge in [-0.1, -0.05) is 34.9 Å². The zero-order valence-electron chi connectivity index (χ0n) is 11.3. The normalized spacial score (nSPS) is 24.2. The smallest absolute Gasteiger partial charge is 0.119 e. The van der Waals surface area contributed by atoms with Gasteiger partial charge in [-0.3, -0.25) is 0 Å². The molecule has 0 bridgehead atoms. The van der Waals surface area contributed by atoms with Gasteiger partial charge in [0.15, 0.2) is 0 Å². The van der Waals surface area contributed by atoms with Crippen molar-refractivity contribution in [1.29, 1.82) is 0 Å². The summed E-state index contributed by atoms with van der Waals surface area (Å²) in [5.41, 5.74) is 6.01. The van der Waals surface area contributed by atoms with Gasteiger partial charge in [0.1, 0.15) is 5.75 Å². The Morgan fingerprint density at radius 2 is 1.71 bits per heavy atom. The van der Waals surface area contributed by atoms with Crippen LogP contribution in [-0.4, -0.2) is 5.11 Å². The fourth-order valence-corrected chi connectivity index (χ4v) is 2.68. The van der Waals surface area contributed by atoms with E-state index in [0.29, 0.717) is 5.75 Å². The Morgan fingerprint density at radius 1 is 1.06 bits per heavy atom. The highest BCUT2D eigenvalue weighted by Gasteiger charge is 2.34. The van der Waals surface area contributed by atoms with Crippen molar-refractivity contribution in [3.8, 4) is 5.75 Å². The molecule has 1 aliphatic carbocycles. The molecule has 0 fully saturated rings. The molecule has 0 saturated carbocycles. The third kappa shape index (κ3) is 1.70. The van der Waals surface area contributed by atoms with Crippen LogP contribution in [0.3, 0.4) is 0 Å². The van der Waals surface area contributed by atoms with Crippen LogP contribution < -0.4 is 0 Å². The molecule has 0 heterocycles. The molecule has 0 saturated heterocycles. The second-order valence-corrected chi connectivity index (χ2v) is 5.30. The fraction of sp³-hybridized carbons (Fsp3) is 0.375. The number of hydrogen-bond donors (Lipinski definition) is 1. The molecule has 1 atom stereocenters. The van der Waals surface area contributed by atoms with Crippen molar-refractivity contribution < 1.29 is 5.11 Å². The van der Waals surface area contributed by atoms with Crippen molar-refractivity contribution in [1.82, 2.24) is 0 Å². The largest absolute Gasteiger partial charge is 0.508 e. The SMILES string of the molecule is CC1=CC(C)(c2cc(C)ccc2O)C(C)=C1C. The molecular weight excluding hydrogens is 208 g/mol. The average molecular weight is 228 g/mol. The molecule has 1 aliphatic rings. The van der Waals surface area contributed by atoms with Gasteiger partial charge in [-0.05, 0) is 46.3 Å². The van der Waals surface area contributed by atoms with Gasteiger partial charge >= 0.3 is 0 Å². The van der Waals surface area contributed by atoms with Crippen LogP contribution in [0.25, 0.3) is 0 Å². The minimum absolute atomic E-state index is 0.162. The molecule has 0 aliphatic heterocycles. The molecule has 1 N–H and O–H groups in total. The molecular formula is C16H20O. The minimum atomic E-state index is -0.162. The van der Waals surface area contributed by atoms with Gasteiger partial charge in [0.25, 0.3) is 0 Å². The Labute approximate surface area is 103 Å². The molecule has 2 rings (SSSR count). The first-order chi connectivity index (χ1) is 7.86. The standard InChI is InChI=1S/C16H20O/c1-10-6-7-15(17)14(8-10)16(5)9-11(2)12(3)13(16)4/h6-9,17H,1-5H3. The molecule has 1 heteroatoms. The van der Waals surface area contributed by atoms with Crippen LogP contribution in [0.5, 0.6) is 5.75 Å². The van der Waals surface area contributed by atoms with Crippen molar-refractivity contribution in [2.45, 2.75) is 40.0 Å². The average Bonchev–Trinajstić information content (AvgIpc) is 2.47. The third-order valence-electron chi connectivity index (χ3n) is 4.15. The predicted octanol–water partition coefficient (Wildman–Crippen LogP) is 4.25. The Bertz CT molecular complexity index is 534. The zero-order valence-corrected chi connectivity index (χ0v) is 11.3. The molecule has 1 aromatic carbocycles. The maximum absolute atomic E-state index is 10.1. The van der Waals surface area contributed by atoms with E-state index in [0.717, 1.165) is 5.56 Å². The van der Waals surface area contributed by atoms with Gasteiger partial charge < -0.3 is 5.11 Å². The fourth-order valence-electron chi connectivity index (χ4n) is 2.68. The summed E-state index contributed by atoms with van der Waals surface area (Å²) < 4.78 is 0. The van der Waals surface area contributed by atoms with Crippen LogP contribution in [0.2, 0.25) is 0 Å². The Balaban J connectivity index is 2.66. The molecule has 0 aromatic heterocycles. The summed E-state index contributed by atoms with van der Waals surface area (Å²) >= 11 is 0. The van der Waals surface area contributed by atoms with Gasteiger partial charge in [-0.15, -0.1) is 0 Å². The van der Waals surface area contributed by atoms with Crippen LogP contribution in [-0.2, 0) is 5.41 Å². The lowest BCUT2D eigenvalue weighted by Crippen LogP contribution is -2.19. The van der Waals surface area contributed by atoms with Crippen LogP contribution in [0, 0.1) is 6.92 Å². The molecule has 0 amide bonds. The third-order valence-corrected chi connectivity index (χ3v) is 4.15. The highest BCUT2D eigenvalue weighted by atomic mass is 16.3. The lowest BCUT2D eigenvalue weighted by atomic mass is 9.77. The first kappa shape index (κ1) is 12.0. The van der Waals surface area contributed by atoms with E-state index in [-0.39, 0.29) is 5.41 Å². The van der Waals surface area contributed by atoms with Crippen molar-refractivity contribution >= 4 is 0 Å². The van der Waals surface area contributed by atoms with E-state index in [1.165, 1.54) is 22.3 Å². The van der Waals surface area contributed by atoms with E-state index >= 15 is 0 Å². The zero-order chi connectivity index (χ0) is 12.8. The highest BCUT2D eigenvalue weighted by molar-refractivity contribution is 5.57. The minimum Gasteiger partial charge on any atom is -0.508 e. The Kier molecular flexibility index (Phi) is 2.65. The maximum Gasteiger partial charge on any atom is 0.119 e. The topological polar surface area (TPSA) is 20.2 Å². The summed E-state index contributed by atoms with van der Waals surface area (Å²) in [5.74, 6) is 0.385. The Hall–Kier alpha value is -1.50. The van der Waals surface area contributed by atoms with E-state index in [9.17, 15) is 5.11 Å². The first-order valence-corrected chi connectivity index (χ1v) is 6.04. The molecule has 17 heavy (non-hydrogen) atoms. The monoisotopic (exact) mass is 228 g/mol. The predicted molar refractivity (Wildman–Crippen MR) is 72.3 cm³/mol. The molecule has 0 radical (unpaired) electrons. The van der Waals surface area contributed by atoms with Gasteiger partial charge in [-0.2, -0.15) is 0 Å². The van der Waals surface area contributed by atoms with Gasteiger partial charge in [0, 0.05) is 11.0 Å². The van der Waals surface area contributed by atoms with Crippen molar-refractivity contribution in [2.75, 3.05) is 0 Å². The van der Waals surface area contributed by atoms with Crippen molar-refractivity contribution in [3.63, 3.8) is 0 Å². The summed E-state index contributed by atoms with van der Waals surface area (Å²) in [6.45, 7) is 10.7. The summed E-state index contributed by atoms with van der Waals surface area (Å²) in [6.07, 6.45) is 2.26. The van der Waals surface area contributed by atoms with Gasteiger partial charge in [-0.25, -0.2) is 0 Å².